The van der Waals surface area contributed by atoms with E-state index in [4.69, 9.17) is 11.6 Å². The first-order chi connectivity index (χ1) is 10.2. The van der Waals surface area contributed by atoms with Crippen LogP contribution in [0, 0.1) is 0 Å². The molecule has 0 unspecified atom stereocenters. The van der Waals surface area contributed by atoms with Crippen molar-refractivity contribution in [1.82, 2.24) is 15.2 Å². The van der Waals surface area contributed by atoms with Crippen molar-refractivity contribution in [3.63, 3.8) is 0 Å². The van der Waals surface area contributed by atoms with Crippen LogP contribution in [0.15, 0.2) is 18.3 Å². The largest absolute Gasteiger partial charge is 0.390 e. The molecule has 6 heteroatoms. The lowest BCUT2D eigenvalue weighted by atomic mass is 10.0. The van der Waals surface area contributed by atoms with E-state index < -0.39 is 5.60 Å². The fraction of sp³-hybridized carbons (Fsp3) is 0.500. The van der Waals surface area contributed by atoms with Gasteiger partial charge in [-0.25, -0.2) is 4.98 Å². The van der Waals surface area contributed by atoms with Crippen LogP contribution in [-0.2, 0) is 6.42 Å². The molecular weight excluding hydrogens is 300 g/mol. The molecule has 0 aliphatic heterocycles. The molecule has 0 atom stereocenters. The zero-order valence-corrected chi connectivity index (χ0v) is 14.2. The fourth-order valence-corrected chi connectivity index (χ4v) is 2.29. The van der Waals surface area contributed by atoms with E-state index >= 15 is 0 Å². The van der Waals surface area contributed by atoms with Gasteiger partial charge in [-0.3, -0.25) is 5.10 Å². The van der Waals surface area contributed by atoms with Crippen LogP contribution >= 0.6 is 11.6 Å². The number of aromatic amines is 1. The van der Waals surface area contributed by atoms with Crippen LogP contribution in [0.3, 0.4) is 0 Å². The van der Waals surface area contributed by atoms with Crippen molar-refractivity contribution in [3.8, 4) is 11.3 Å². The molecule has 0 saturated carbocycles. The van der Waals surface area contributed by atoms with E-state index in [1.54, 1.807) is 20.0 Å². The summed E-state index contributed by atoms with van der Waals surface area (Å²) in [7, 11) is 0. The third kappa shape index (κ3) is 4.71. The van der Waals surface area contributed by atoms with E-state index in [0.29, 0.717) is 11.6 Å². The molecule has 2 aromatic rings. The zero-order valence-electron chi connectivity index (χ0n) is 13.4. The second-order valence-corrected chi connectivity index (χ2v) is 6.83. The number of hydrogen-bond donors (Lipinski definition) is 3. The molecule has 0 spiro atoms. The van der Waals surface area contributed by atoms with Crippen molar-refractivity contribution in [3.05, 3.63) is 29.2 Å². The minimum atomic E-state index is -0.683. The fourth-order valence-electron chi connectivity index (χ4n) is 2.13. The van der Waals surface area contributed by atoms with Gasteiger partial charge < -0.3 is 10.4 Å². The molecule has 0 saturated heterocycles. The quantitative estimate of drug-likeness (QED) is 0.710. The first-order valence-electron chi connectivity index (χ1n) is 7.44. The molecule has 2 heterocycles. The molecule has 2 aromatic heterocycles. The second kappa shape index (κ2) is 6.67. The van der Waals surface area contributed by atoms with Crippen LogP contribution in [0.4, 0.5) is 5.69 Å². The number of aryl methyl sites for hydroxylation is 1. The van der Waals surface area contributed by atoms with Crippen molar-refractivity contribution in [1.29, 1.82) is 0 Å². The number of pyridine rings is 1. The highest BCUT2D eigenvalue weighted by Crippen LogP contribution is 2.29. The summed E-state index contributed by atoms with van der Waals surface area (Å²) >= 11 is 5.99. The second-order valence-electron chi connectivity index (χ2n) is 6.44. The van der Waals surface area contributed by atoms with E-state index in [1.807, 2.05) is 12.1 Å². The number of rotatable bonds is 6. The van der Waals surface area contributed by atoms with Crippen molar-refractivity contribution >= 4 is 17.3 Å². The minimum Gasteiger partial charge on any atom is -0.390 e. The summed E-state index contributed by atoms with van der Waals surface area (Å²) in [6.45, 7) is 7.74. The molecule has 2 rings (SSSR count). The molecule has 0 aliphatic rings. The average molecular weight is 323 g/mol. The Labute approximate surface area is 136 Å². The minimum absolute atomic E-state index is 0.283. The summed E-state index contributed by atoms with van der Waals surface area (Å²) in [5, 5.41) is 21.0. The Morgan fingerprint density at radius 3 is 2.73 bits per heavy atom. The highest BCUT2D eigenvalue weighted by Gasteiger charge is 2.15. The van der Waals surface area contributed by atoms with Crippen LogP contribution in [0.5, 0.6) is 0 Å². The maximum Gasteiger partial charge on any atom is 0.131 e. The van der Waals surface area contributed by atoms with Gasteiger partial charge >= 0.3 is 0 Å². The summed E-state index contributed by atoms with van der Waals surface area (Å²) < 4.78 is 0. The maximum absolute atomic E-state index is 9.81. The van der Waals surface area contributed by atoms with Crippen LogP contribution in [0.2, 0.25) is 5.15 Å². The SMILES string of the molecule is CC(C)Nc1cc(Cl)ncc1-c1cc(CCC(C)(C)O)[nH]n1. The van der Waals surface area contributed by atoms with Gasteiger partial charge in [0.15, 0.2) is 0 Å². The number of nitrogens with one attached hydrogen (secondary N) is 2. The van der Waals surface area contributed by atoms with Crippen molar-refractivity contribution in [2.75, 3.05) is 5.32 Å². The highest BCUT2D eigenvalue weighted by atomic mass is 35.5. The summed E-state index contributed by atoms with van der Waals surface area (Å²) in [6, 6.07) is 4.08. The third-order valence-corrected chi connectivity index (χ3v) is 3.43. The lowest BCUT2D eigenvalue weighted by molar-refractivity contribution is 0.0711. The van der Waals surface area contributed by atoms with Gasteiger partial charge in [-0.15, -0.1) is 0 Å². The Morgan fingerprint density at radius 2 is 2.09 bits per heavy atom. The smallest absolute Gasteiger partial charge is 0.131 e. The van der Waals surface area contributed by atoms with E-state index in [0.717, 1.165) is 29.1 Å². The van der Waals surface area contributed by atoms with E-state index in [1.165, 1.54) is 0 Å². The summed E-state index contributed by atoms with van der Waals surface area (Å²) in [6.07, 6.45) is 3.14. The molecule has 5 nitrogen and oxygen atoms in total. The first kappa shape index (κ1) is 16.8. The monoisotopic (exact) mass is 322 g/mol. The predicted molar refractivity (Wildman–Crippen MR) is 90.2 cm³/mol. The highest BCUT2D eigenvalue weighted by molar-refractivity contribution is 6.29. The van der Waals surface area contributed by atoms with Gasteiger partial charge in [-0.2, -0.15) is 5.10 Å². The Kier molecular flexibility index (Phi) is 5.08. The number of hydrogen-bond acceptors (Lipinski definition) is 4. The predicted octanol–water partition coefficient (Wildman–Crippen LogP) is 3.65. The number of halogens is 1. The van der Waals surface area contributed by atoms with Crippen LogP contribution in [0.1, 0.15) is 39.8 Å². The van der Waals surface area contributed by atoms with Crippen LogP contribution in [-0.4, -0.2) is 31.9 Å². The molecule has 0 aliphatic carbocycles. The molecule has 0 amide bonds. The van der Waals surface area contributed by atoms with Crippen molar-refractivity contribution in [2.24, 2.45) is 0 Å². The molecule has 22 heavy (non-hydrogen) atoms. The number of aromatic nitrogens is 3. The lowest BCUT2D eigenvalue weighted by Crippen LogP contribution is -2.19. The number of H-pyrrole nitrogens is 1. The van der Waals surface area contributed by atoms with Crippen molar-refractivity contribution < 1.29 is 5.11 Å². The Balaban J connectivity index is 2.23. The Bertz CT molecular complexity index is 631. The van der Waals surface area contributed by atoms with E-state index in [2.05, 4.69) is 34.3 Å². The first-order valence-corrected chi connectivity index (χ1v) is 7.81. The summed E-state index contributed by atoms with van der Waals surface area (Å²) in [5.74, 6) is 0. The summed E-state index contributed by atoms with van der Waals surface area (Å²) in [4.78, 5) is 4.15. The van der Waals surface area contributed by atoms with Gasteiger partial charge in [0.1, 0.15) is 5.15 Å². The lowest BCUT2D eigenvalue weighted by Gasteiger charge is -2.15. The van der Waals surface area contributed by atoms with Gasteiger partial charge in [0, 0.05) is 29.2 Å². The number of anilines is 1. The van der Waals surface area contributed by atoms with Gasteiger partial charge in [0.05, 0.1) is 11.3 Å². The topological polar surface area (TPSA) is 73.8 Å². The molecule has 120 valence electrons. The average Bonchev–Trinajstić information content (AvgIpc) is 2.83. The van der Waals surface area contributed by atoms with Gasteiger partial charge in [-0.1, -0.05) is 11.6 Å². The molecule has 0 radical (unpaired) electrons. The number of nitrogens with zero attached hydrogens (tertiary/aromatic N) is 2. The third-order valence-electron chi connectivity index (χ3n) is 3.23. The molecular formula is C16H23ClN4O. The van der Waals surface area contributed by atoms with Crippen LogP contribution < -0.4 is 5.32 Å². The normalized spacial score (nSPS) is 12.0. The molecule has 3 N–H and O–H groups in total. The van der Waals surface area contributed by atoms with E-state index in [9.17, 15) is 5.11 Å². The molecule has 0 fully saturated rings. The van der Waals surface area contributed by atoms with Gasteiger partial charge in [0.2, 0.25) is 0 Å². The number of aliphatic hydroxyl groups is 1. The summed E-state index contributed by atoms with van der Waals surface area (Å²) in [5.41, 5.74) is 2.94. The van der Waals surface area contributed by atoms with Gasteiger partial charge in [-0.05, 0) is 52.7 Å². The molecule has 0 aromatic carbocycles. The standard InChI is InChI=1S/C16H23ClN4O/c1-10(2)19-13-8-15(17)18-9-12(13)14-7-11(20-21-14)5-6-16(3,4)22/h7-10,22H,5-6H2,1-4H3,(H,18,19)(H,20,21). The van der Waals surface area contributed by atoms with Crippen molar-refractivity contribution in [2.45, 2.75) is 52.2 Å². The van der Waals surface area contributed by atoms with Crippen LogP contribution in [0.25, 0.3) is 11.3 Å². The Morgan fingerprint density at radius 1 is 1.36 bits per heavy atom. The van der Waals surface area contributed by atoms with Gasteiger partial charge in [0.25, 0.3) is 0 Å². The zero-order chi connectivity index (χ0) is 16.3. The van der Waals surface area contributed by atoms with E-state index in [-0.39, 0.29) is 6.04 Å². The molecule has 0 bridgehead atoms. The Hall–Kier alpha value is -1.59. The maximum atomic E-state index is 9.81.